The van der Waals surface area contributed by atoms with E-state index in [1.807, 2.05) is 6.92 Å². The molecule has 2 aliphatic rings. The molecule has 1 N–H and O–H groups in total. The van der Waals surface area contributed by atoms with Gasteiger partial charge in [0.15, 0.2) is 0 Å². The van der Waals surface area contributed by atoms with E-state index in [0.29, 0.717) is 45.8 Å². The van der Waals surface area contributed by atoms with Crippen LogP contribution in [0, 0.1) is 5.82 Å². The van der Waals surface area contributed by atoms with E-state index in [0.717, 1.165) is 57.1 Å². The fraction of sp³-hybridized carbons (Fsp3) is 0.423. The van der Waals surface area contributed by atoms with Crippen molar-refractivity contribution in [2.24, 2.45) is 0 Å². The molecule has 5 heterocycles. The number of aliphatic hydroxyl groups is 1. The summed E-state index contributed by atoms with van der Waals surface area (Å²) in [7, 11) is 0. The molecule has 0 aliphatic carbocycles. The molecule has 6 nitrogen and oxygen atoms in total. The van der Waals surface area contributed by atoms with E-state index < -0.39 is 5.60 Å². The number of pyridine rings is 2. The van der Waals surface area contributed by atoms with Gasteiger partial charge >= 0.3 is 0 Å². The lowest BCUT2D eigenvalue weighted by atomic mass is 9.86. The fourth-order valence-corrected chi connectivity index (χ4v) is 5.32. The van der Waals surface area contributed by atoms with E-state index in [1.54, 1.807) is 12.1 Å². The first-order chi connectivity index (χ1) is 16.1. The Kier molecular flexibility index (Phi) is 5.10. The predicted octanol–water partition coefficient (Wildman–Crippen LogP) is 4.13. The van der Waals surface area contributed by atoms with Crippen molar-refractivity contribution in [2.45, 2.75) is 38.5 Å². The zero-order valence-electron chi connectivity index (χ0n) is 18.8. The molecule has 3 aromatic heterocycles. The number of hydrogen-bond acceptors (Lipinski definition) is 5. The quantitative estimate of drug-likeness (QED) is 0.510. The van der Waals surface area contributed by atoms with Gasteiger partial charge in [-0.3, -0.25) is 4.90 Å². The van der Waals surface area contributed by atoms with Gasteiger partial charge in [0.2, 0.25) is 0 Å². The Bertz CT molecular complexity index is 1360. The highest BCUT2D eigenvalue weighted by Crippen LogP contribution is 2.38. The van der Waals surface area contributed by atoms with Crippen LogP contribution in [0.1, 0.15) is 36.5 Å². The van der Waals surface area contributed by atoms with Gasteiger partial charge in [0.25, 0.3) is 0 Å². The summed E-state index contributed by atoms with van der Waals surface area (Å²) in [6, 6.07) is 6.91. The molecule has 1 aromatic carbocycles. The number of fused-ring (bicyclic) bond motifs is 5. The summed E-state index contributed by atoms with van der Waals surface area (Å²) in [5, 5.41) is 13.2. The Morgan fingerprint density at radius 3 is 2.76 bits per heavy atom. The summed E-state index contributed by atoms with van der Waals surface area (Å²) in [4.78, 5) is 7.31. The van der Waals surface area contributed by atoms with Crippen LogP contribution in [0.4, 0.5) is 4.39 Å². The summed E-state index contributed by atoms with van der Waals surface area (Å²) >= 11 is 0. The topological polar surface area (TPSA) is 59.2 Å². The molecular formula is C26H28FN3O3. The molecule has 1 fully saturated rings. The van der Waals surface area contributed by atoms with E-state index in [2.05, 4.69) is 27.8 Å². The molecule has 0 bridgehead atoms. The predicted molar refractivity (Wildman–Crippen MR) is 125 cm³/mol. The smallest absolute Gasteiger partial charge is 0.123 e. The van der Waals surface area contributed by atoms with Crippen molar-refractivity contribution < 1.29 is 19.0 Å². The number of aromatic nitrogens is 2. The number of morpholine rings is 1. The second-order valence-corrected chi connectivity index (χ2v) is 9.22. The zero-order valence-corrected chi connectivity index (χ0v) is 18.8. The van der Waals surface area contributed by atoms with Gasteiger partial charge in [0.05, 0.1) is 48.6 Å². The largest absolute Gasteiger partial charge is 0.385 e. The Balaban J connectivity index is 1.62. The van der Waals surface area contributed by atoms with Gasteiger partial charge in [0.1, 0.15) is 5.82 Å². The molecule has 0 amide bonds. The third-order valence-corrected chi connectivity index (χ3v) is 7.30. The first-order valence-corrected chi connectivity index (χ1v) is 11.7. The second kappa shape index (κ2) is 8.02. The number of rotatable bonds is 3. The molecule has 0 radical (unpaired) electrons. The average Bonchev–Trinajstić information content (AvgIpc) is 3.10. The maximum Gasteiger partial charge on any atom is 0.123 e. The summed E-state index contributed by atoms with van der Waals surface area (Å²) in [6.45, 7) is 6.85. The number of ether oxygens (including phenoxy) is 2. The molecule has 2 aliphatic heterocycles. The Morgan fingerprint density at radius 2 is 1.94 bits per heavy atom. The molecule has 1 saturated heterocycles. The van der Waals surface area contributed by atoms with Crippen LogP contribution in [0.3, 0.4) is 0 Å². The highest BCUT2D eigenvalue weighted by atomic mass is 19.1. The fourth-order valence-electron chi connectivity index (χ4n) is 5.32. The lowest BCUT2D eigenvalue weighted by molar-refractivity contribution is 0.00232. The van der Waals surface area contributed by atoms with E-state index in [9.17, 15) is 9.50 Å². The van der Waals surface area contributed by atoms with Gasteiger partial charge in [0, 0.05) is 54.8 Å². The van der Waals surface area contributed by atoms with Crippen LogP contribution in [0.2, 0.25) is 0 Å². The third kappa shape index (κ3) is 3.51. The van der Waals surface area contributed by atoms with E-state index in [-0.39, 0.29) is 5.82 Å². The van der Waals surface area contributed by atoms with Crippen LogP contribution in [0.5, 0.6) is 0 Å². The lowest BCUT2D eigenvalue weighted by Gasteiger charge is -2.27. The standard InChI is InChI=1S/C26H28FN3O3/c1-2-26(31)5-8-33-16-17-13-30-15-21-20(14-29-6-9-32-10-7-29)19-11-18(27)3-4-23(19)28-25(21)24(30)12-22(17)26/h3-4,11-13,15,31H,2,5-10,14,16H2,1H3. The summed E-state index contributed by atoms with van der Waals surface area (Å²) < 4.78 is 27.7. The molecule has 1 atom stereocenters. The van der Waals surface area contributed by atoms with Crippen molar-refractivity contribution in [3.05, 3.63) is 59.2 Å². The van der Waals surface area contributed by atoms with Crippen LogP contribution in [-0.4, -0.2) is 52.3 Å². The van der Waals surface area contributed by atoms with Crippen molar-refractivity contribution in [3.63, 3.8) is 0 Å². The van der Waals surface area contributed by atoms with Crippen molar-refractivity contribution in [2.75, 3.05) is 32.9 Å². The Hall–Kier alpha value is -2.58. The van der Waals surface area contributed by atoms with Gasteiger partial charge in [-0.25, -0.2) is 9.37 Å². The first kappa shape index (κ1) is 21.0. The molecule has 7 heteroatoms. The molecule has 6 rings (SSSR count). The second-order valence-electron chi connectivity index (χ2n) is 9.22. The molecule has 0 saturated carbocycles. The molecule has 172 valence electrons. The normalized spacial score (nSPS) is 22.2. The Labute approximate surface area is 191 Å². The van der Waals surface area contributed by atoms with Crippen molar-refractivity contribution in [1.82, 2.24) is 14.3 Å². The Morgan fingerprint density at radius 1 is 1.09 bits per heavy atom. The van der Waals surface area contributed by atoms with Gasteiger partial charge in [-0.2, -0.15) is 0 Å². The minimum atomic E-state index is -0.916. The zero-order chi connectivity index (χ0) is 22.6. The van der Waals surface area contributed by atoms with Gasteiger partial charge < -0.3 is 19.0 Å². The SMILES string of the molecule is CCC1(O)CCOCc2cn3cc4c(CN5CCOCC5)c5cc(F)ccc5nc4c3cc21. The van der Waals surface area contributed by atoms with Gasteiger partial charge in [-0.05, 0) is 41.8 Å². The number of hydrogen-bond donors (Lipinski definition) is 1. The van der Waals surface area contributed by atoms with E-state index in [4.69, 9.17) is 14.5 Å². The molecular weight excluding hydrogens is 421 g/mol. The van der Waals surface area contributed by atoms with Crippen molar-refractivity contribution >= 4 is 27.3 Å². The van der Waals surface area contributed by atoms with E-state index >= 15 is 0 Å². The highest BCUT2D eigenvalue weighted by molar-refractivity contribution is 6.04. The summed E-state index contributed by atoms with van der Waals surface area (Å²) in [5.41, 5.74) is 4.69. The first-order valence-electron chi connectivity index (χ1n) is 11.7. The molecule has 33 heavy (non-hydrogen) atoms. The van der Waals surface area contributed by atoms with Crippen LogP contribution in [0.15, 0.2) is 36.7 Å². The highest BCUT2D eigenvalue weighted by Gasteiger charge is 2.32. The van der Waals surface area contributed by atoms with Crippen LogP contribution in [0.25, 0.3) is 27.3 Å². The third-order valence-electron chi connectivity index (χ3n) is 7.30. The van der Waals surface area contributed by atoms with Gasteiger partial charge in [-0.15, -0.1) is 0 Å². The molecule has 4 aromatic rings. The van der Waals surface area contributed by atoms with Crippen molar-refractivity contribution in [1.29, 1.82) is 0 Å². The average molecular weight is 450 g/mol. The number of nitrogens with zero attached hydrogens (tertiary/aromatic N) is 3. The monoisotopic (exact) mass is 449 g/mol. The summed E-state index contributed by atoms with van der Waals surface area (Å²) in [5.74, 6) is -0.257. The maximum absolute atomic E-state index is 14.3. The van der Waals surface area contributed by atoms with Crippen LogP contribution < -0.4 is 0 Å². The number of benzene rings is 1. The summed E-state index contributed by atoms with van der Waals surface area (Å²) in [6.07, 6.45) is 5.34. The molecule has 1 unspecified atom stereocenters. The minimum absolute atomic E-state index is 0.257. The van der Waals surface area contributed by atoms with E-state index in [1.165, 1.54) is 6.07 Å². The maximum atomic E-state index is 14.3. The van der Waals surface area contributed by atoms with Crippen LogP contribution >= 0.6 is 0 Å². The molecule has 0 spiro atoms. The van der Waals surface area contributed by atoms with Crippen molar-refractivity contribution in [3.8, 4) is 0 Å². The minimum Gasteiger partial charge on any atom is -0.385 e. The van der Waals surface area contributed by atoms with Gasteiger partial charge in [-0.1, -0.05) is 6.92 Å². The van der Waals surface area contributed by atoms with Crippen LogP contribution in [-0.2, 0) is 28.2 Å². The lowest BCUT2D eigenvalue weighted by Crippen LogP contribution is -2.35. The number of halogens is 1.